The maximum Gasteiger partial charge on any atom is 0.329 e. The van der Waals surface area contributed by atoms with Crippen LogP contribution < -0.4 is 11.2 Å². The first-order valence-corrected chi connectivity index (χ1v) is 5.85. The highest BCUT2D eigenvalue weighted by Gasteiger charge is 2.07. The van der Waals surface area contributed by atoms with E-state index in [1.165, 1.54) is 11.8 Å². The largest absolute Gasteiger partial charge is 0.361 e. The Morgan fingerprint density at radius 2 is 2.26 bits per heavy atom. The number of carbonyl (C=O) groups is 2. The van der Waals surface area contributed by atoms with Crippen molar-refractivity contribution in [3.63, 3.8) is 0 Å². The van der Waals surface area contributed by atoms with Gasteiger partial charge in [0, 0.05) is 22.7 Å². The number of para-hydroxylation sites is 1. The van der Waals surface area contributed by atoms with Crippen LogP contribution in [0.15, 0.2) is 29.5 Å². The van der Waals surface area contributed by atoms with E-state index in [2.05, 4.69) is 28.5 Å². The minimum absolute atomic E-state index is 0.829. The molecule has 0 saturated carbocycles. The van der Waals surface area contributed by atoms with Crippen LogP contribution in [0.4, 0.5) is 0 Å². The number of nitrogens with two attached hydrogens (primary N) is 1. The van der Waals surface area contributed by atoms with Crippen molar-refractivity contribution in [3.05, 3.63) is 35.5 Å². The Balaban J connectivity index is 2.25. The third-order valence-electron chi connectivity index (χ3n) is 2.81. The van der Waals surface area contributed by atoms with E-state index in [1.54, 1.807) is 6.20 Å². The van der Waals surface area contributed by atoms with Crippen LogP contribution in [0.25, 0.3) is 10.9 Å². The van der Waals surface area contributed by atoms with E-state index in [1.807, 2.05) is 12.1 Å². The molecule has 2 aromatic rings. The maximum atomic E-state index is 10.9. The van der Waals surface area contributed by atoms with Crippen LogP contribution in [0, 0.1) is 0 Å². The van der Waals surface area contributed by atoms with E-state index in [0.717, 1.165) is 22.9 Å². The molecule has 0 aliphatic carbocycles. The summed E-state index contributed by atoms with van der Waals surface area (Å²) in [6.45, 7) is 2.08. The molecular formula is C13H14N4O2. The van der Waals surface area contributed by atoms with Gasteiger partial charge in [-0.2, -0.15) is 5.10 Å². The number of carbonyl (C=O) groups excluding carboxylic acids is 2. The Morgan fingerprint density at radius 3 is 2.95 bits per heavy atom. The van der Waals surface area contributed by atoms with E-state index < -0.39 is 11.8 Å². The molecule has 6 nitrogen and oxygen atoms in total. The molecule has 2 amide bonds. The summed E-state index contributed by atoms with van der Waals surface area (Å²) in [6.07, 6.45) is 4.19. The number of H-pyrrole nitrogens is 1. The van der Waals surface area contributed by atoms with Gasteiger partial charge in [-0.25, -0.2) is 5.43 Å². The van der Waals surface area contributed by atoms with Gasteiger partial charge in [-0.1, -0.05) is 25.1 Å². The van der Waals surface area contributed by atoms with Gasteiger partial charge in [-0.15, -0.1) is 0 Å². The lowest BCUT2D eigenvalue weighted by Gasteiger charge is -1.98. The van der Waals surface area contributed by atoms with Crippen molar-refractivity contribution in [2.45, 2.75) is 13.3 Å². The lowest BCUT2D eigenvalue weighted by molar-refractivity contribution is -0.137. The molecule has 1 heterocycles. The van der Waals surface area contributed by atoms with Crippen molar-refractivity contribution in [3.8, 4) is 0 Å². The number of hydrazone groups is 1. The molecule has 19 heavy (non-hydrogen) atoms. The fourth-order valence-electron chi connectivity index (χ4n) is 1.86. The zero-order chi connectivity index (χ0) is 13.8. The summed E-state index contributed by atoms with van der Waals surface area (Å²) < 4.78 is 0. The number of hydrogen-bond acceptors (Lipinski definition) is 3. The first kappa shape index (κ1) is 12.8. The van der Waals surface area contributed by atoms with Gasteiger partial charge in [0.25, 0.3) is 0 Å². The van der Waals surface area contributed by atoms with Crippen molar-refractivity contribution < 1.29 is 9.59 Å². The molecule has 0 saturated heterocycles. The summed E-state index contributed by atoms with van der Waals surface area (Å²) in [4.78, 5) is 24.6. The molecule has 0 spiro atoms. The van der Waals surface area contributed by atoms with Crippen LogP contribution in [0.1, 0.15) is 18.1 Å². The molecule has 6 heteroatoms. The molecule has 0 atom stereocenters. The van der Waals surface area contributed by atoms with Gasteiger partial charge in [0.15, 0.2) is 0 Å². The molecule has 0 unspecified atom stereocenters. The van der Waals surface area contributed by atoms with Crippen LogP contribution in [0.3, 0.4) is 0 Å². The number of benzene rings is 1. The molecule has 1 aromatic heterocycles. The fourth-order valence-corrected chi connectivity index (χ4v) is 1.86. The number of nitrogens with zero attached hydrogens (tertiary/aromatic N) is 1. The van der Waals surface area contributed by atoms with Gasteiger partial charge in [0.05, 0.1) is 6.21 Å². The second-order valence-electron chi connectivity index (χ2n) is 4.00. The van der Waals surface area contributed by atoms with E-state index in [9.17, 15) is 9.59 Å². The Bertz CT molecular complexity index is 658. The normalized spacial score (nSPS) is 11.0. The molecule has 0 bridgehead atoms. The number of rotatable bonds is 3. The number of nitrogens with one attached hydrogen (secondary N) is 2. The first-order chi connectivity index (χ1) is 9.13. The van der Waals surface area contributed by atoms with Gasteiger partial charge >= 0.3 is 11.8 Å². The Hall–Kier alpha value is -2.63. The smallest absolute Gasteiger partial charge is 0.329 e. The summed E-state index contributed by atoms with van der Waals surface area (Å²) in [5, 5.41) is 4.71. The Morgan fingerprint density at radius 1 is 1.47 bits per heavy atom. The van der Waals surface area contributed by atoms with E-state index in [4.69, 9.17) is 5.73 Å². The number of aryl methyl sites for hydroxylation is 1. The molecule has 1 aromatic carbocycles. The minimum Gasteiger partial charge on any atom is -0.361 e. The predicted molar refractivity (Wildman–Crippen MR) is 72.6 cm³/mol. The highest BCUT2D eigenvalue weighted by molar-refractivity contribution is 6.34. The topological polar surface area (TPSA) is 100 Å². The molecular weight excluding hydrogens is 244 g/mol. The molecule has 98 valence electrons. The molecule has 2 rings (SSSR count). The second kappa shape index (κ2) is 5.34. The predicted octanol–water partition coefficient (Wildman–Crippen LogP) is 0.666. The summed E-state index contributed by atoms with van der Waals surface area (Å²) >= 11 is 0. The quantitative estimate of drug-likeness (QED) is 0.428. The average Bonchev–Trinajstić information content (AvgIpc) is 2.81. The number of amides is 2. The summed E-state index contributed by atoms with van der Waals surface area (Å²) in [6, 6.07) is 5.98. The highest BCUT2D eigenvalue weighted by atomic mass is 16.2. The SMILES string of the molecule is CCc1cccc2c(C=NNC(=O)C(N)=O)c[nH]c12. The van der Waals surface area contributed by atoms with E-state index >= 15 is 0 Å². The standard InChI is InChI=1S/C13H14N4O2/c1-2-8-4-3-5-10-9(6-15-11(8)10)7-16-17-13(19)12(14)18/h3-7,15H,2H2,1H3,(H2,14,18)(H,17,19). The van der Waals surface area contributed by atoms with Gasteiger partial charge in [-0.3, -0.25) is 9.59 Å². The third-order valence-corrected chi connectivity index (χ3v) is 2.81. The fraction of sp³-hybridized carbons (Fsp3) is 0.154. The van der Waals surface area contributed by atoms with Crippen LogP contribution in [-0.4, -0.2) is 23.0 Å². The monoisotopic (exact) mass is 258 g/mol. The van der Waals surface area contributed by atoms with Crippen molar-refractivity contribution >= 4 is 28.9 Å². The van der Waals surface area contributed by atoms with Crippen molar-refractivity contribution in [1.29, 1.82) is 0 Å². The van der Waals surface area contributed by atoms with Crippen molar-refractivity contribution in [2.24, 2.45) is 10.8 Å². The molecule has 0 radical (unpaired) electrons. The van der Waals surface area contributed by atoms with Crippen molar-refractivity contribution in [2.75, 3.05) is 0 Å². The lowest BCUT2D eigenvalue weighted by atomic mass is 10.1. The van der Waals surface area contributed by atoms with Crippen LogP contribution in [-0.2, 0) is 16.0 Å². The van der Waals surface area contributed by atoms with Gasteiger partial charge in [0.2, 0.25) is 0 Å². The van der Waals surface area contributed by atoms with Crippen LogP contribution in [0.2, 0.25) is 0 Å². The van der Waals surface area contributed by atoms with Crippen LogP contribution >= 0.6 is 0 Å². The van der Waals surface area contributed by atoms with Crippen molar-refractivity contribution in [1.82, 2.24) is 10.4 Å². The highest BCUT2D eigenvalue weighted by Crippen LogP contribution is 2.20. The van der Waals surface area contributed by atoms with Gasteiger partial charge < -0.3 is 10.7 Å². The number of hydrogen-bond donors (Lipinski definition) is 3. The summed E-state index contributed by atoms with van der Waals surface area (Å²) in [5.74, 6) is -2.00. The minimum atomic E-state index is -1.07. The molecule has 4 N–H and O–H groups in total. The number of aromatic nitrogens is 1. The zero-order valence-electron chi connectivity index (χ0n) is 10.4. The maximum absolute atomic E-state index is 10.9. The van der Waals surface area contributed by atoms with Gasteiger partial charge in [0.1, 0.15) is 0 Å². The average molecular weight is 258 g/mol. The summed E-state index contributed by atoms with van der Waals surface area (Å²) in [7, 11) is 0. The number of primary amides is 1. The summed E-state index contributed by atoms with van der Waals surface area (Å²) in [5.41, 5.74) is 9.93. The lowest BCUT2D eigenvalue weighted by Crippen LogP contribution is -2.32. The molecule has 0 aliphatic heterocycles. The third kappa shape index (κ3) is 2.62. The first-order valence-electron chi connectivity index (χ1n) is 5.85. The van der Waals surface area contributed by atoms with Gasteiger partial charge in [-0.05, 0) is 12.0 Å². The Kier molecular flexibility index (Phi) is 3.61. The molecule has 0 aliphatic rings. The second-order valence-corrected chi connectivity index (χ2v) is 4.00. The molecule has 0 fully saturated rings. The number of fused-ring (bicyclic) bond motifs is 1. The Labute approximate surface area is 109 Å². The van der Waals surface area contributed by atoms with E-state index in [0.29, 0.717) is 0 Å². The zero-order valence-corrected chi connectivity index (χ0v) is 10.4. The number of aromatic amines is 1. The van der Waals surface area contributed by atoms with E-state index in [-0.39, 0.29) is 0 Å². The van der Waals surface area contributed by atoms with Crippen LogP contribution in [0.5, 0.6) is 0 Å².